The molecular weight excluding hydrogens is 540 g/mol. The van der Waals surface area contributed by atoms with Crippen LogP contribution in [0.1, 0.15) is 0 Å². The number of carbonyl (C=O) groups is 1. The van der Waals surface area contributed by atoms with E-state index in [1.807, 2.05) is 0 Å². The predicted molar refractivity (Wildman–Crippen MR) is 120 cm³/mol. The summed E-state index contributed by atoms with van der Waals surface area (Å²) in [5, 5.41) is 68.2. The Morgan fingerprint density at radius 1 is 0.921 bits per heavy atom. The molecule has 0 aliphatic carbocycles. The number of hydrogen-bond donors (Lipinski definition) is 8. The lowest BCUT2D eigenvalue weighted by Crippen LogP contribution is -2.61. The second kappa shape index (κ2) is 9.63. The number of benzene rings is 2. The average molecular weight is 558 g/mol. The Morgan fingerprint density at radius 3 is 2.21 bits per heavy atom. The molecule has 204 valence electrons. The summed E-state index contributed by atoms with van der Waals surface area (Å²) in [4.78, 5) is 24.4. The quantitative estimate of drug-likeness (QED) is 0.133. The van der Waals surface area contributed by atoms with Crippen LogP contribution in [-0.4, -0.2) is 85.4 Å². The Morgan fingerprint density at radius 2 is 1.61 bits per heavy atom. The number of carboxylic acids is 1. The van der Waals surface area contributed by atoms with Gasteiger partial charge in [-0.15, -0.1) is 0 Å². The van der Waals surface area contributed by atoms with Gasteiger partial charge in [0.05, 0.1) is 0 Å². The maximum absolute atomic E-state index is 13.1. The van der Waals surface area contributed by atoms with Crippen LogP contribution in [0, 0.1) is 0 Å². The number of aliphatic carboxylic acids is 1. The monoisotopic (exact) mass is 558 g/mol. The van der Waals surface area contributed by atoms with E-state index in [1.54, 1.807) is 0 Å². The summed E-state index contributed by atoms with van der Waals surface area (Å²) in [5.41, 5.74) is -2.04. The highest BCUT2D eigenvalue weighted by Gasteiger charge is 2.48. The van der Waals surface area contributed by atoms with Gasteiger partial charge in [0.2, 0.25) is 17.5 Å². The third-order valence-electron chi connectivity index (χ3n) is 5.40. The Hall–Kier alpha value is -4.13. The maximum atomic E-state index is 13.1. The zero-order valence-corrected chi connectivity index (χ0v) is 19.3. The Kier molecular flexibility index (Phi) is 6.82. The van der Waals surface area contributed by atoms with Gasteiger partial charge in [-0.25, -0.2) is 4.79 Å². The maximum Gasteiger partial charge on any atom is 0.446 e. The molecule has 2 heterocycles. The van der Waals surface area contributed by atoms with Crippen LogP contribution in [0.2, 0.25) is 0 Å². The molecule has 1 fully saturated rings. The lowest BCUT2D eigenvalue weighted by Gasteiger charge is -2.38. The number of rotatable bonds is 6. The first kappa shape index (κ1) is 26.9. The summed E-state index contributed by atoms with van der Waals surface area (Å²) in [6, 6.07) is 4.61. The molecule has 1 aliphatic rings. The van der Waals surface area contributed by atoms with Crippen molar-refractivity contribution in [3.05, 3.63) is 40.6 Å². The van der Waals surface area contributed by atoms with Crippen molar-refractivity contribution in [2.24, 2.45) is 0 Å². The van der Waals surface area contributed by atoms with E-state index >= 15 is 0 Å². The van der Waals surface area contributed by atoms with Crippen LogP contribution >= 0.6 is 0 Å². The Labute approximate surface area is 210 Å². The molecule has 0 saturated carbocycles. The van der Waals surface area contributed by atoms with Crippen molar-refractivity contribution in [1.82, 2.24) is 0 Å². The largest absolute Gasteiger partial charge is 0.507 e. The number of phenolic OH excluding ortho intramolecular Hbond substituents is 3. The van der Waals surface area contributed by atoms with Gasteiger partial charge in [-0.3, -0.25) is 9.35 Å². The van der Waals surface area contributed by atoms with Crippen LogP contribution in [0.4, 0.5) is 0 Å². The van der Waals surface area contributed by atoms with Crippen molar-refractivity contribution in [3.8, 4) is 40.1 Å². The fraction of sp³-hybridized carbons (Fsp3) is 0.238. The second-order valence-corrected chi connectivity index (χ2v) is 8.99. The van der Waals surface area contributed by atoms with Crippen LogP contribution in [-0.2, 0) is 19.9 Å². The minimum absolute atomic E-state index is 0.226. The zero-order valence-electron chi connectivity index (χ0n) is 18.5. The van der Waals surface area contributed by atoms with E-state index in [9.17, 15) is 48.6 Å². The topological polar surface area (TPSA) is 271 Å². The fourth-order valence-corrected chi connectivity index (χ4v) is 4.01. The summed E-state index contributed by atoms with van der Waals surface area (Å²) in [7, 11) is -5.30. The van der Waals surface area contributed by atoms with E-state index in [-0.39, 0.29) is 5.56 Å². The van der Waals surface area contributed by atoms with Crippen molar-refractivity contribution in [2.75, 3.05) is 0 Å². The molecule has 0 bridgehead atoms. The van der Waals surface area contributed by atoms with E-state index in [0.717, 1.165) is 30.3 Å². The van der Waals surface area contributed by atoms with E-state index in [1.165, 1.54) is 0 Å². The van der Waals surface area contributed by atoms with Gasteiger partial charge in [0.25, 0.3) is 0 Å². The van der Waals surface area contributed by atoms with E-state index in [4.69, 9.17) is 23.6 Å². The first-order valence-electron chi connectivity index (χ1n) is 10.3. The first-order chi connectivity index (χ1) is 17.7. The fourth-order valence-electron chi connectivity index (χ4n) is 3.65. The van der Waals surface area contributed by atoms with Crippen LogP contribution in [0.25, 0.3) is 22.3 Å². The van der Waals surface area contributed by atoms with Crippen LogP contribution in [0.3, 0.4) is 0 Å². The SMILES string of the molecule is O=C(O)[C@H]1O[C@@H](Oc2cc(O)c3c(=O)c(OS(=O)(=O)O)c(-c4ccc(O)c(O)c4)oc3c2)[C@H](O)[C@@H](O)[C@@H]1O. The normalized spacial score (nSPS) is 23.7. The molecule has 0 spiro atoms. The van der Waals surface area contributed by atoms with Gasteiger partial charge >= 0.3 is 16.4 Å². The molecule has 3 aromatic rings. The predicted octanol–water partition coefficient (Wildman–Crippen LogP) is -0.971. The van der Waals surface area contributed by atoms with Crippen LogP contribution < -0.4 is 14.3 Å². The molecule has 0 amide bonds. The van der Waals surface area contributed by atoms with E-state index in [0.29, 0.717) is 0 Å². The molecule has 0 radical (unpaired) electrons. The molecule has 1 aromatic heterocycles. The molecular formula is C21H18O16S. The second-order valence-electron chi connectivity index (χ2n) is 7.97. The summed E-state index contributed by atoms with van der Waals surface area (Å²) in [5.74, 6) is -6.10. The summed E-state index contributed by atoms with van der Waals surface area (Å²) in [6.07, 6.45) is -9.87. The molecule has 38 heavy (non-hydrogen) atoms. The lowest BCUT2D eigenvalue weighted by atomic mass is 9.99. The minimum atomic E-state index is -5.30. The number of phenols is 3. The van der Waals surface area contributed by atoms with Crippen molar-refractivity contribution in [1.29, 1.82) is 0 Å². The van der Waals surface area contributed by atoms with Gasteiger partial charge in [0.15, 0.2) is 23.4 Å². The molecule has 4 rings (SSSR count). The highest BCUT2D eigenvalue weighted by Crippen LogP contribution is 2.39. The number of aliphatic hydroxyl groups is 3. The first-order valence-corrected chi connectivity index (χ1v) is 11.7. The number of aromatic hydroxyl groups is 3. The molecule has 8 N–H and O–H groups in total. The Bertz CT molecular complexity index is 1580. The van der Waals surface area contributed by atoms with Crippen molar-refractivity contribution in [2.45, 2.75) is 30.7 Å². The third-order valence-corrected chi connectivity index (χ3v) is 5.78. The van der Waals surface area contributed by atoms with Gasteiger partial charge in [-0.1, -0.05) is 0 Å². The van der Waals surface area contributed by atoms with Crippen LogP contribution in [0.15, 0.2) is 39.5 Å². The summed E-state index contributed by atoms with van der Waals surface area (Å²) < 4.78 is 52.1. The van der Waals surface area contributed by atoms with Gasteiger partial charge in [-0.05, 0) is 18.2 Å². The average Bonchev–Trinajstić information content (AvgIpc) is 2.81. The van der Waals surface area contributed by atoms with Crippen molar-refractivity contribution < 1.29 is 71.6 Å². The zero-order chi connectivity index (χ0) is 28.1. The molecule has 2 aromatic carbocycles. The number of ether oxygens (including phenoxy) is 2. The molecule has 1 saturated heterocycles. The van der Waals surface area contributed by atoms with Gasteiger partial charge in [-0.2, -0.15) is 8.42 Å². The third kappa shape index (κ3) is 5.01. The molecule has 16 nitrogen and oxygen atoms in total. The number of aliphatic hydroxyl groups excluding tert-OH is 3. The van der Waals surface area contributed by atoms with Gasteiger partial charge in [0.1, 0.15) is 40.8 Å². The van der Waals surface area contributed by atoms with Crippen molar-refractivity contribution in [3.63, 3.8) is 0 Å². The van der Waals surface area contributed by atoms with Crippen molar-refractivity contribution >= 4 is 27.3 Å². The number of hydrogen-bond acceptors (Lipinski definition) is 14. The highest BCUT2D eigenvalue weighted by molar-refractivity contribution is 7.81. The number of carboxylic acid groups (broad SMARTS) is 1. The summed E-state index contributed by atoms with van der Waals surface area (Å²) in [6.45, 7) is 0. The molecule has 5 atom stereocenters. The van der Waals surface area contributed by atoms with Crippen LogP contribution in [0.5, 0.6) is 28.7 Å². The highest BCUT2D eigenvalue weighted by atomic mass is 32.3. The molecule has 17 heteroatoms. The van der Waals surface area contributed by atoms with E-state index in [2.05, 4.69) is 4.18 Å². The smallest absolute Gasteiger partial charge is 0.446 e. The molecule has 0 unspecified atom stereocenters. The minimum Gasteiger partial charge on any atom is -0.507 e. The van der Waals surface area contributed by atoms with E-state index < -0.39 is 98.0 Å². The summed E-state index contributed by atoms with van der Waals surface area (Å²) >= 11 is 0. The number of fused-ring (bicyclic) bond motifs is 1. The standard InChI is InChI=1S/C21H18O16S/c22-8-2-1-6(3-9(8)23)17-18(37-38(31,32)33)13(25)12-10(24)4-7(5-11(12)35-17)34-21-16(28)14(26)15(27)19(36-21)20(29)30/h1-5,14-16,19,21-24,26-28H,(H,29,30)(H,31,32,33)/t14-,15-,16+,19-,21+/m0/s1. The van der Waals surface area contributed by atoms with Gasteiger partial charge in [0, 0.05) is 17.7 Å². The van der Waals surface area contributed by atoms with Gasteiger partial charge < -0.3 is 53.8 Å². The lowest BCUT2D eigenvalue weighted by molar-refractivity contribution is -0.271. The Balaban J connectivity index is 1.85. The molecule has 1 aliphatic heterocycles.